The molecule has 140 valence electrons. The Kier molecular flexibility index (Phi) is 5.56. The summed E-state index contributed by atoms with van der Waals surface area (Å²) in [7, 11) is 0. The average molecular weight is 359 g/mol. The predicted octanol–water partition coefficient (Wildman–Crippen LogP) is 3.58. The predicted molar refractivity (Wildman–Crippen MR) is 94.5 cm³/mol. The minimum absolute atomic E-state index is 0.0237. The van der Waals surface area contributed by atoms with Crippen LogP contribution in [-0.4, -0.2) is 45.9 Å². The smallest absolute Gasteiger partial charge is 0.410 e. The van der Waals surface area contributed by atoms with Crippen LogP contribution >= 0.6 is 0 Å². The van der Waals surface area contributed by atoms with Crippen LogP contribution in [0.4, 0.5) is 4.79 Å². The molecule has 26 heavy (non-hydrogen) atoms. The van der Waals surface area contributed by atoms with Gasteiger partial charge >= 0.3 is 6.09 Å². The number of rotatable bonds is 4. The van der Waals surface area contributed by atoms with E-state index < -0.39 is 5.60 Å². The monoisotopic (exact) mass is 359 g/mol. The second kappa shape index (κ2) is 7.86. The van der Waals surface area contributed by atoms with Gasteiger partial charge < -0.3 is 18.9 Å². The third-order valence-corrected chi connectivity index (χ3v) is 4.14. The van der Waals surface area contributed by atoms with Gasteiger partial charge in [0.1, 0.15) is 23.7 Å². The first-order valence-electron chi connectivity index (χ1n) is 8.86. The minimum Gasteiger partial charge on any atom is -0.444 e. The van der Waals surface area contributed by atoms with Gasteiger partial charge in [-0.2, -0.15) is 0 Å². The number of pyridine rings is 1. The van der Waals surface area contributed by atoms with Crippen molar-refractivity contribution < 1.29 is 18.8 Å². The molecule has 0 radical (unpaired) electrons. The molecule has 2 aromatic rings. The molecule has 0 aliphatic carbocycles. The SMILES string of the molecule is CC(C)(C)OC(=O)N1CCC(OC(c2cccnc2)c2ccon2)CC1. The molecule has 1 aliphatic rings. The van der Waals surface area contributed by atoms with Crippen LogP contribution in [0.25, 0.3) is 0 Å². The number of hydrogen-bond acceptors (Lipinski definition) is 6. The Labute approximate surface area is 153 Å². The van der Waals surface area contributed by atoms with Gasteiger partial charge in [0.05, 0.1) is 6.10 Å². The maximum Gasteiger partial charge on any atom is 0.410 e. The van der Waals surface area contributed by atoms with E-state index in [4.69, 9.17) is 14.0 Å². The van der Waals surface area contributed by atoms with Gasteiger partial charge in [-0.15, -0.1) is 0 Å². The van der Waals surface area contributed by atoms with Gasteiger partial charge in [0.2, 0.25) is 0 Å². The van der Waals surface area contributed by atoms with Crippen molar-refractivity contribution in [2.45, 2.75) is 51.4 Å². The van der Waals surface area contributed by atoms with E-state index in [1.54, 1.807) is 23.4 Å². The quantitative estimate of drug-likeness (QED) is 0.830. The van der Waals surface area contributed by atoms with Crippen LogP contribution in [0.3, 0.4) is 0 Å². The number of amides is 1. The van der Waals surface area contributed by atoms with E-state index in [9.17, 15) is 4.79 Å². The molecule has 7 heteroatoms. The standard InChI is InChI=1S/C19H25N3O4/c1-19(2,3)26-18(23)22-10-6-15(7-11-22)25-17(16-8-12-24-21-16)14-5-4-9-20-13-14/h4-5,8-9,12-13,15,17H,6-7,10-11H2,1-3H3. The molecular formula is C19H25N3O4. The fraction of sp³-hybridized carbons (Fsp3) is 0.526. The van der Waals surface area contributed by atoms with Gasteiger partial charge in [-0.3, -0.25) is 4.98 Å². The summed E-state index contributed by atoms with van der Waals surface area (Å²) in [6.45, 7) is 6.84. The van der Waals surface area contributed by atoms with E-state index >= 15 is 0 Å². The summed E-state index contributed by atoms with van der Waals surface area (Å²) in [5, 5.41) is 4.03. The summed E-state index contributed by atoms with van der Waals surface area (Å²) in [6, 6.07) is 5.63. The summed E-state index contributed by atoms with van der Waals surface area (Å²) in [6.07, 6.45) is 5.94. The Balaban J connectivity index is 1.61. The summed E-state index contributed by atoms with van der Waals surface area (Å²) >= 11 is 0. The number of aromatic nitrogens is 2. The molecule has 7 nitrogen and oxygen atoms in total. The third-order valence-electron chi connectivity index (χ3n) is 4.14. The molecule has 0 N–H and O–H groups in total. The van der Waals surface area contributed by atoms with Crippen LogP contribution in [0.2, 0.25) is 0 Å². The van der Waals surface area contributed by atoms with Gasteiger partial charge in [0.15, 0.2) is 0 Å². The summed E-state index contributed by atoms with van der Waals surface area (Å²) in [5.74, 6) is 0. The molecule has 1 atom stereocenters. The number of nitrogens with zero attached hydrogens (tertiary/aromatic N) is 3. The lowest BCUT2D eigenvalue weighted by Crippen LogP contribution is -2.43. The fourth-order valence-corrected chi connectivity index (χ4v) is 2.90. The molecule has 0 bridgehead atoms. The number of likely N-dealkylation sites (tertiary alicyclic amines) is 1. The molecule has 0 saturated carbocycles. The third kappa shape index (κ3) is 4.82. The molecule has 3 heterocycles. The number of carbonyl (C=O) groups excluding carboxylic acids is 1. The Hall–Kier alpha value is -2.41. The molecule has 1 aliphatic heterocycles. The molecular weight excluding hydrogens is 334 g/mol. The minimum atomic E-state index is -0.483. The highest BCUT2D eigenvalue weighted by Gasteiger charge is 2.30. The molecule has 1 amide bonds. The Morgan fingerprint density at radius 3 is 2.65 bits per heavy atom. The zero-order chi connectivity index (χ0) is 18.6. The van der Waals surface area contributed by atoms with Gasteiger partial charge in [-0.25, -0.2) is 4.79 Å². The molecule has 0 spiro atoms. The van der Waals surface area contributed by atoms with Crippen LogP contribution in [-0.2, 0) is 9.47 Å². The van der Waals surface area contributed by atoms with Crippen molar-refractivity contribution in [3.63, 3.8) is 0 Å². The largest absolute Gasteiger partial charge is 0.444 e. The lowest BCUT2D eigenvalue weighted by Gasteiger charge is -2.34. The second-order valence-electron chi connectivity index (χ2n) is 7.39. The number of carbonyl (C=O) groups is 1. The molecule has 1 unspecified atom stereocenters. The van der Waals surface area contributed by atoms with Crippen molar-refractivity contribution in [2.75, 3.05) is 13.1 Å². The summed E-state index contributed by atoms with van der Waals surface area (Å²) in [4.78, 5) is 18.1. The van der Waals surface area contributed by atoms with Crippen LogP contribution in [0.1, 0.15) is 51.0 Å². The van der Waals surface area contributed by atoms with Gasteiger partial charge in [0.25, 0.3) is 0 Å². The van der Waals surface area contributed by atoms with Crippen LogP contribution in [0, 0.1) is 0 Å². The van der Waals surface area contributed by atoms with E-state index in [0.717, 1.165) is 18.4 Å². The Bertz CT molecular complexity index is 689. The van der Waals surface area contributed by atoms with Gasteiger partial charge in [-0.05, 0) is 39.7 Å². The van der Waals surface area contributed by atoms with E-state index in [1.165, 1.54) is 6.26 Å². The molecule has 1 saturated heterocycles. The topological polar surface area (TPSA) is 77.7 Å². The Morgan fingerprint density at radius 2 is 2.08 bits per heavy atom. The van der Waals surface area contributed by atoms with Crippen molar-refractivity contribution in [1.82, 2.24) is 15.0 Å². The van der Waals surface area contributed by atoms with E-state index in [2.05, 4.69) is 10.1 Å². The van der Waals surface area contributed by atoms with Crippen LogP contribution in [0.15, 0.2) is 41.4 Å². The second-order valence-corrected chi connectivity index (χ2v) is 7.39. The number of piperidine rings is 1. The summed E-state index contributed by atoms with van der Waals surface area (Å²) < 4.78 is 16.7. The van der Waals surface area contributed by atoms with Crippen molar-refractivity contribution >= 4 is 6.09 Å². The summed E-state index contributed by atoms with van der Waals surface area (Å²) in [5.41, 5.74) is 1.16. The highest BCUT2D eigenvalue weighted by atomic mass is 16.6. The zero-order valence-electron chi connectivity index (χ0n) is 15.4. The Morgan fingerprint density at radius 1 is 1.31 bits per heavy atom. The first-order valence-corrected chi connectivity index (χ1v) is 8.86. The maximum absolute atomic E-state index is 12.2. The van der Waals surface area contributed by atoms with Crippen molar-refractivity contribution in [1.29, 1.82) is 0 Å². The molecule has 3 rings (SSSR count). The van der Waals surface area contributed by atoms with Gasteiger partial charge in [0, 0.05) is 37.1 Å². The van der Waals surface area contributed by atoms with Crippen LogP contribution < -0.4 is 0 Å². The highest BCUT2D eigenvalue weighted by Crippen LogP contribution is 2.29. The maximum atomic E-state index is 12.2. The lowest BCUT2D eigenvalue weighted by atomic mass is 10.1. The molecule has 1 fully saturated rings. The molecule has 0 aromatic carbocycles. The molecule has 2 aromatic heterocycles. The highest BCUT2D eigenvalue weighted by molar-refractivity contribution is 5.68. The van der Waals surface area contributed by atoms with E-state index in [-0.39, 0.29) is 18.3 Å². The van der Waals surface area contributed by atoms with Gasteiger partial charge in [-0.1, -0.05) is 11.2 Å². The first kappa shape index (κ1) is 18.4. The van der Waals surface area contributed by atoms with Crippen LogP contribution in [0.5, 0.6) is 0 Å². The van der Waals surface area contributed by atoms with Crippen molar-refractivity contribution in [3.05, 3.63) is 48.1 Å². The van der Waals surface area contributed by atoms with E-state index in [1.807, 2.05) is 32.9 Å². The average Bonchev–Trinajstić information content (AvgIpc) is 3.14. The zero-order valence-corrected chi connectivity index (χ0v) is 15.4. The van der Waals surface area contributed by atoms with Crippen molar-refractivity contribution in [2.24, 2.45) is 0 Å². The lowest BCUT2D eigenvalue weighted by molar-refractivity contribution is -0.0358. The first-order chi connectivity index (χ1) is 12.4. The van der Waals surface area contributed by atoms with Crippen molar-refractivity contribution in [3.8, 4) is 0 Å². The number of ether oxygens (including phenoxy) is 2. The normalized spacial score (nSPS) is 17.1. The number of hydrogen-bond donors (Lipinski definition) is 0. The fourth-order valence-electron chi connectivity index (χ4n) is 2.90. The van der Waals surface area contributed by atoms with E-state index in [0.29, 0.717) is 18.8 Å².